The Balaban J connectivity index is 1.43. The number of nitrogens with one attached hydrogen (secondary N) is 2. The second kappa shape index (κ2) is 13.3. The smallest absolute Gasteiger partial charge is 0.303 e. The van der Waals surface area contributed by atoms with Crippen molar-refractivity contribution in [3.63, 3.8) is 0 Å². The molecular weight excluding hydrogens is 648 g/mol. The number of sulfone groups is 1. The van der Waals surface area contributed by atoms with Crippen molar-refractivity contribution in [2.45, 2.75) is 63.7 Å². The summed E-state index contributed by atoms with van der Waals surface area (Å²) in [5, 5.41) is 13.2. The molecule has 2 heterocycles. The molecule has 1 saturated carbocycles. The Morgan fingerprint density at radius 3 is 2.61 bits per heavy atom. The largest absolute Gasteiger partial charge is 0.481 e. The molecule has 0 saturated heterocycles. The van der Waals surface area contributed by atoms with Crippen LogP contribution in [0, 0.1) is 17.0 Å². The van der Waals surface area contributed by atoms with Crippen LogP contribution in [0.5, 0.6) is 11.5 Å². The van der Waals surface area contributed by atoms with Crippen molar-refractivity contribution < 1.29 is 31.8 Å². The van der Waals surface area contributed by atoms with Crippen LogP contribution in [0.25, 0.3) is 16.6 Å². The van der Waals surface area contributed by atoms with Gasteiger partial charge in [-0.2, -0.15) is 0 Å². The van der Waals surface area contributed by atoms with E-state index in [4.69, 9.17) is 10.5 Å². The van der Waals surface area contributed by atoms with E-state index >= 15 is 8.78 Å². The molecule has 5 N–H and O–H groups in total. The number of nitrogens with two attached hydrogens (primary N) is 1. The van der Waals surface area contributed by atoms with Crippen molar-refractivity contribution >= 4 is 32.4 Å². The number of H-pyrrole nitrogens is 1. The average molecular weight is 690 g/mol. The first-order valence-electron chi connectivity index (χ1n) is 16.5. The Labute approximate surface area is 285 Å². The van der Waals surface area contributed by atoms with E-state index in [0.29, 0.717) is 47.8 Å². The number of hydrogen-bond acceptors (Lipinski definition) is 6. The first-order valence-corrected chi connectivity index (χ1v) is 18.3. The van der Waals surface area contributed by atoms with Gasteiger partial charge in [-0.05, 0) is 86.3 Å². The number of rotatable bonds is 4. The summed E-state index contributed by atoms with van der Waals surface area (Å²) in [6, 6.07) is 14.7. The lowest BCUT2D eigenvalue weighted by atomic mass is 9.74. The fourth-order valence-electron chi connectivity index (χ4n) is 7.10. The van der Waals surface area contributed by atoms with Crippen LogP contribution in [0.15, 0.2) is 79.3 Å². The van der Waals surface area contributed by atoms with Gasteiger partial charge < -0.3 is 25.9 Å². The highest BCUT2D eigenvalue weighted by molar-refractivity contribution is 7.91. The van der Waals surface area contributed by atoms with Gasteiger partial charge >= 0.3 is 5.97 Å². The minimum atomic E-state index is -3.54. The molecule has 6 rings (SSSR count). The van der Waals surface area contributed by atoms with E-state index in [1.165, 1.54) is 30.5 Å². The lowest BCUT2D eigenvalue weighted by Gasteiger charge is -2.35. The summed E-state index contributed by atoms with van der Waals surface area (Å²) in [4.78, 5) is 14.3. The number of benzene rings is 3. The van der Waals surface area contributed by atoms with E-state index in [9.17, 15) is 18.3 Å². The normalized spacial score (nSPS) is 21.7. The number of aromatic nitrogens is 1. The molecule has 11 heteroatoms. The van der Waals surface area contributed by atoms with Crippen LogP contribution in [0.4, 0.5) is 8.78 Å². The highest BCUT2D eigenvalue weighted by atomic mass is 32.2. The second-order valence-corrected chi connectivity index (χ2v) is 15.8. The zero-order valence-electron chi connectivity index (χ0n) is 27.5. The summed E-state index contributed by atoms with van der Waals surface area (Å²) >= 11 is 0. The monoisotopic (exact) mass is 689 g/mol. The number of halogens is 2. The van der Waals surface area contributed by atoms with Crippen molar-refractivity contribution in [3.05, 3.63) is 113 Å². The Kier molecular flexibility index (Phi) is 9.32. The van der Waals surface area contributed by atoms with Crippen molar-refractivity contribution in [2.24, 2.45) is 11.1 Å². The quantitative estimate of drug-likeness (QED) is 0.174. The Morgan fingerprint density at radius 1 is 1.08 bits per heavy atom. The minimum Gasteiger partial charge on any atom is -0.481 e. The predicted molar refractivity (Wildman–Crippen MR) is 187 cm³/mol. The maximum atomic E-state index is 15.6. The van der Waals surface area contributed by atoms with Gasteiger partial charge in [0.2, 0.25) is 0 Å². The number of allylic oxidation sites excluding steroid dienone is 1. The molecule has 1 aromatic heterocycles. The Bertz CT molecular complexity index is 2070. The van der Waals surface area contributed by atoms with Gasteiger partial charge in [-0.15, -0.1) is 0 Å². The number of aliphatic carboxylic acids is 1. The number of fused-ring (bicyclic) bond motifs is 5. The number of hydrogen-bond donors (Lipinski definition) is 4. The molecule has 49 heavy (non-hydrogen) atoms. The molecule has 3 aromatic carbocycles. The number of ether oxygens (including phenoxy) is 1. The third kappa shape index (κ3) is 7.36. The molecule has 0 amide bonds. The van der Waals surface area contributed by atoms with Gasteiger partial charge in [-0.1, -0.05) is 37.3 Å². The van der Waals surface area contributed by atoms with Gasteiger partial charge in [0.25, 0.3) is 0 Å². The van der Waals surface area contributed by atoms with E-state index in [-0.39, 0.29) is 52.5 Å². The summed E-state index contributed by atoms with van der Waals surface area (Å²) < 4.78 is 64.4. The van der Waals surface area contributed by atoms with Crippen molar-refractivity contribution in [3.8, 4) is 11.5 Å². The second-order valence-electron chi connectivity index (χ2n) is 13.7. The summed E-state index contributed by atoms with van der Waals surface area (Å²) in [5.41, 5.74) is 8.67. The lowest BCUT2D eigenvalue weighted by molar-refractivity contribution is -0.136. The molecule has 2 bridgehead atoms. The number of carboxylic acid groups (broad SMARTS) is 1. The zero-order valence-corrected chi connectivity index (χ0v) is 28.3. The van der Waals surface area contributed by atoms with E-state index in [1.54, 1.807) is 12.3 Å². The summed E-state index contributed by atoms with van der Waals surface area (Å²) in [6.07, 6.45) is 6.98. The summed E-state index contributed by atoms with van der Waals surface area (Å²) in [5.74, 6) is -2.26. The average Bonchev–Trinajstić information content (AvgIpc) is 3.64. The first kappa shape index (κ1) is 34.2. The maximum absolute atomic E-state index is 15.6. The minimum absolute atomic E-state index is 0.0199. The van der Waals surface area contributed by atoms with Crippen molar-refractivity contribution in [1.29, 1.82) is 0 Å². The first-order chi connectivity index (χ1) is 23.3. The van der Waals surface area contributed by atoms with Crippen LogP contribution in [-0.4, -0.2) is 36.0 Å². The highest BCUT2D eigenvalue weighted by Gasteiger charge is 2.46. The fraction of sp³-hybridized carbons (Fsp3) is 0.342. The molecule has 1 atom stereocenters. The molecule has 1 fully saturated rings. The topological polar surface area (TPSA) is 135 Å². The molecule has 1 aliphatic carbocycles. The molecule has 0 radical (unpaired) electrons. The third-order valence-electron chi connectivity index (χ3n) is 10.1. The molecule has 1 spiro atoms. The Hall–Kier alpha value is -4.64. The molecule has 8 nitrogen and oxygen atoms in total. The number of aryl methyl sites for hydroxylation is 2. The SMILES string of the molecule is C=C1N/C(=C\N)C(C)(c2cccc(CCC(=O)O)c2)CCCC2(CC2)CS(=O)(=O)CCc2c(c(F)cc3[nH]ccc23)Oc2ccc(F)c1c2. The van der Waals surface area contributed by atoms with Gasteiger partial charge in [-0.3, -0.25) is 4.79 Å². The van der Waals surface area contributed by atoms with Crippen LogP contribution in [0.2, 0.25) is 0 Å². The van der Waals surface area contributed by atoms with Crippen molar-refractivity contribution in [2.75, 3.05) is 11.5 Å². The standard InChI is InChI=1S/C38H41F2N3O5S/c1-24-30-20-27(8-9-31(30)39)48-36-29(28-11-17-42-33(28)21-32(36)40)12-18-49(46,47)23-38(15-16-38)14-4-13-37(2,34(22-41)43-24)26-6-3-5-25(19-26)7-10-35(44)45/h3,5-6,8-9,11,17,19-22,42-43H,1,4,7,10,12-16,18,23,41H2,2H3,(H,44,45)/b34-22-. The van der Waals surface area contributed by atoms with Crippen molar-refractivity contribution in [1.82, 2.24) is 10.3 Å². The molecule has 2 aliphatic rings. The number of aromatic amines is 1. The Morgan fingerprint density at radius 2 is 1.88 bits per heavy atom. The summed E-state index contributed by atoms with van der Waals surface area (Å²) in [7, 11) is -3.54. The maximum Gasteiger partial charge on any atom is 0.303 e. The third-order valence-corrected chi connectivity index (χ3v) is 12.0. The van der Waals surface area contributed by atoms with Crippen LogP contribution < -0.4 is 15.8 Å². The van der Waals surface area contributed by atoms with Crippen LogP contribution in [0.1, 0.15) is 67.7 Å². The fourth-order valence-corrected chi connectivity index (χ4v) is 9.13. The summed E-state index contributed by atoms with van der Waals surface area (Å²) in [6.45, 7) is 6.14. The number of carboxylic acids is 1. The van der Waals surface area contributed by atoms with Crippen LogP contribution in [0.3, 0.4) is 0 Å². The molecule has 258 valence electrons. The van der Waals surface area contributed by atoms with Crippen LogP contribution >= 0.6 is 0 Å². The van der Waals surface area contributed by atoms with Gasteiger partial charge in [-0.25, -0.2) is 17.2 Å². The highest BCUT2D eigenvalue weighted by Crippen LogP contribution is 2.52. The number of carbonyl (C=O) groups is 1. The van der Waals surface area contributed by atoms with Gasteiger partial charge in [0, 0.05) is 63.7 Å². The molecular formula is C38H41F2N3O5S. The van der Waals surface area contributed by atoms with Gasteiger partial charge in [0.15, 0.2) is 21.4 Å². The molecule has 4 aromatic rings. The predicted octanol–water partition coefficient (Wildman–Crippen LogP) is 7.50. The zero-order chi connectivity index (χ0) is 35.0. The molecule has 1 aliphatic heterocycles. The van der Waals surface area contributed by atoms with Gasteiger partial charge in [0.05, 0.1) is 11.5 Å². The van der Waals surface area contributed by atoms with E-state index in [0.717, 1.165) is 24.0 Å². The van der Waals surface area contributed by atoms with Crippen LogP contribution in [-0.2, 0) is 32.9 Å². The van der Waals surface area contributed by atoms with E-state index in [2.05, 4.69) is 16.9 Å². The lowest BCUT2D eigenvalue weighted by Crippen LogP contribution is -2.34. The van der Waals surface area contributed by atoms with Gasteiger partial charge in [0.1, 0.15) is 11.6 Å². The van der Waals surface area contributed by atoms with E-state index in [1.807, 2.05) is 31.2 Å². The van der Waals surface area contributed by atoms with E-state index < -0.39 is 32.9 Å². The molecule has 1 unspecified atom stereocenters.